The molecule has 2 aromatic heterocycles. The summed E-state index contributed by atoms with van der Waals surface area (Å²) in [5.74, 6) is 0.923. The van der Waals surface area contributed by atoms with E-state index in [0.29, 0.717) is 17.4 Å². The van der Waals surface area contributed by atoms with Gasteiger partial charge in [-0.1, -0.05) is 5.16 Å². The van der Waals surface area contributed by atoms with Gasteiger partial charge in [0.25, 0.3) is 5.89 Å². The molecule has 94 valence electrons. The second-order valence-electron chi connectivity index (χ2n) is 3.85. The van der Waals surface area contributed by atoms with E-state index in [4.69, 9.17) is 4.52 Å². The van der Waals surface area contributed by atoms with Crippen LogP contribution in [0.4, 0.5) is 5.69 Å². The number of aromatic nitrogens is 4. The van der Waals surface area contributed by atoms with E-state index in [1.54, 1.807) is 12.3 Å². The highest BCUT2D eigenvalue weighted by Crippen LogP contribution is 2.22. The van der Waals surface area contributed by atoms with Crippen LogP contribution in [0.25, 0.3) is 23.0 Å². The molecular formula is C13H11N5O. The third kappa shape index (κ3) is 2.28. The smallest absolute Gasteiger partial charge is 0.258 e. The van der Waals surface area contributed by atoms with E-state index in [0.717, 1.165) is 11.3 Å². The quantitative estimate of drug-likeness (QED) is 0.771. The van der Waals surface area contributed by atoms with Gasteiger partial charge in [-0.3, -0.25) is 0 Å². The third-order valence-electron chi connectivity index (χ3n) is 2.66. The van der Waals surface area contributed by atoms with Gasteiger partial charge in [0.2, 0.25) is 5.82 Å². The Morgan fingerprint density at radius 3 is 2.63 bits per heavy atom. The van der Waals surface area contributed by atoms with Gasteiger partial charge in [0.15, 0.2) is 0 Å². The van der Waals surface area contributed by atoms with Gasteiger partial charge < -0.3 is 9.84 Å². The van der Waals surface area contributed by atoms with Crippen molar-refractivity contribution in [2.45, 2.75) is 0 Å². The maximum atomic E-state index is 5.24. The minimum atomic E-state index is 0.454. The molecule has 0 spiro atoms. The zero-order chi connectivity index (χ0) is 13.1. The Morgan fingerprint density at radius 2 is 1.95 bits per heavy atom. The van der Waals surface area contributed by atoms with E-state index in [9.17, 15) is 0 Å². The van der Waals surface area contributed by atoms with Gasteiger partial charge in [-0.2, -0.15) is 4.98 Å². The van der Waals surface area contributed by atoms with Crippen molar-refractivity contribution >= 4 is 5.69 Å². The van der Waals surface area contributed by atoms with Crippen molar-refractivity contribution in [2.24, 2.45) is 0 Å². The summed E-state index contributed by atoms with van der Waals surface area (Å²) in [6.07, 6.45) is 3.09. The summed E-state index contributed by atoms with van der Waals surface area (Å²) in [5, 5.41) is 6.97. The van der Waals surface area contributed by atoms with Gasteiger partial charge in [-0.25, -0.2) is 9.97 Å². The number of hydrogen-bond donors (Lipinski definition) is 1. The fraction of sp³-hybridized carbons (Fsp3) is 0.0769. The third-order valence-corrected chi connectivity index (χ3v) is 2.66. The maximum Gasteiger partial charge on any atom is 0.258 e. The first kappa shape index (κ1) is 11.3. The summed E-state index contributed by atoms with van der Waals surface area (Å²) >= 11 is 0. The average molecular weight is 253 g/mol. The second-order valence-corrected chi connectivity index (χ2v) is 3.85. The van der Waals surface area contributed by atoms with E-state index >= 15 is 0 Å². The lowest BCUT2D eigenvalue weighted by molar-refractivity contribution is 0.432. The lowest BCUT2D eigenvalue weighted by Crippen LogP contribution is -1.87. The van der Waals surface area contributed by atoms with Crippen LogP contribution in [-0.4, -0.2) is 27.2 Å². The van der Waals surface area contributed by atoms with Gasteiger partial charge >= 0.3 is 0 Å². The van der Waals surface area contributed by atoms with Crippen molar-refractivity contribution in [1.29, 1.82) is 0 Å². The molecule has 0 amide bonds. The highest BCUT2D eigenvalue weighted by molar-refractivity contribution is 5.60. The first-order chi connectivity index (χ1) is 9.36. The van der Waals surface area contributed by atoms with Crippen molar-refractivity contribution in [3.05, 3.63) is 42.9 Å². The Hall–Kier alpha value is -2.76. The summed E-state index contributed by atoms with van der Waals surface area (Å²) in [6.45, 7) is 0. The molecule has 3 rings (SSSR count). The molecule has 19 heavy (non-hydrogen) atoms. The number of nitrogens with one attached hydrogen (secondary N) is 1. The van der Waals surface area contributed by atoms with Crippen LogP contribution in [0.15, 0.2) is 47.4 Å². The van der Waals surface area contributed by atoms with Gasteiger partial charge in [-0.15, -0.1) is 0 Å². The SMILES string of the molecule is CNc1ccc(-c2nc(-c3ccncn3)no2)cc1. The Kier molecular flexibility index (Phi) is 2.89. The molecule has 0 aliphatic heterocycles. The minimum absolute atomic E-state index is 0.454. The Bertz CT molecular complexity index is 663. The Labute approximate surface area is 109 Å². The summed E-state index contributed by atoms with van der Waals surface area (Å²) in [4.78, 5) is 12.2. The topological polar surface area (TPSA) is 76.7 Å². The van der Waals surface area contributed by atoms with Gasteiger partial charge in [0.1, 0.15) is 12.0 Å². The van der Waals surface area contributed by atoms with Crippen LogP contribution in [-0.2, 0) is 0 Å². The number of nitrogens with zero attached hydrogens (tertiary/aromatic N) is 4. The van der Waals surface area contributed by atoms with Crippen LogP contribution in [0, 0.1) is 0 Å². The van der Waals surface area contributed by atoms with Crippen molar-refractivity contribution < 1.29 is 4.52 Å². The average Bonchev–Trinajstić information content (AvgIpc) is 2.98. The molecule has 1 N–H and O–H groups in total. The predicted molar refractivity (Wildman–Crippen MR) is 70.3 cm³/mol. The second kappa shape index (κ2) is 4.85. The van der Waals surface area contributed by atoms with Gasteiger partial charge in [-0.05, 0) is 30.3 Å². The van der Waals surface area contributed by atoms with E-state index in [1.807, 2.05) is 31.3 Å². The molecule has 0 saturated heterocycles. The van der Waals surface area contributed by atoms with Crippen molar-refractivity contribution in [2.75, 3.05) is 12.4 Å². The fourth-order valence-corrected chi connectivity index (χ4v) is 1.65. The zero-order valence-electron chi connectivity index (χ0n) is 10.2. The monoisotopic (exact) mass is 253 g/mol. The van der Waals surface area contributed by atoms with Crippen LogP contribution in [0.5, 0.6) is 0 Å². The van der Waals surface area contributed by atoms with Crippen LogP contribution in [0.1, 0.15) is 0 Å². The molecule has 6 heteroatoms. The molecule has 0 aliphatic rings. The van der Waals surface area contributed by atoms with E-state index in [2.05, 4.69) is 25.4 Å². The van der Waals surface area contributed by atoms with Crippen molar-refractivity contribution in [3.63, 3.8) is 0 Å². The fourth-order valence-electron chi connectivity index (χ4n) is 1.65. The molecule has 0 saturated carbocycles. The van der Waals surface area contributed by atoms with Gasteiger partial charge in [0.05, 0.1) is 0 Å². The molecule has 0 unspecified atom stereocenters. The molecule has 3 aromatic rings. The van der Waals surface area contributed by atoms with Crippen LogP contribution in [0.3, 0.4) is 0 Å². The number of rotatable bonds is 3. The van der Waals surface area contributed by atoms with Crippen molar-refractivity contribution in [1.82, 2.24) is 20.1 Å². The van der Waals surface area contributed by atoms with Gasteiger partial charge in [0, 0.05) is 24.5 Å². The van der Waals surface area contributed by atoms with Crippen molar-refractivity contribution in [3.8, 4) is 23.0 Å². The van der Waals surface area contributed by atoms with E-state index in [1.165, 1.54) is 6.33 Å². The maximum absolute atomic E-state index is 5.24. The highest BCUT2D eigenvalue weighted by Gasteiger charge is 2.11. The molecule has 1 aromatic carbocycles. The van der Waals surface area contributed by atoms with E-state index in [-0.39, 0.29) is 0 Å². The highest BCUT2D eigenvalue weighted by atomic mass is 16.5. The standard InChI is InChI=1S/C13H11N5O/c1-14-10-4-2-9(3-5-10)13-17-12(18-19-13)11-6-7-15-8-16-11/h2-8,14H,1H3. The minimum Gasteiger partial charge on any atom is -0.388 e. The molecule has 0 fully saturated rings. The zero-order valence-corrected chi connectivity index (χ0v) is 10.2. The number of benzene rings is 1. The molecule has 0 atom stereocenters. The number of hydrogen-bond acceptors (Lipinski definition) is 6. The Balaban J connectivity index is 1.92. The molecule has 6 nitrogen and oxygen atoms in total. The lowest BCUT2D eigenvalue weighted by Gasteiger charge is -1.99. The van der Waals surface area contributed by atoms with Crippen LogP contribution >= 0.6 is 0 Å². The van der Waals surface area contributed by atoms with Crippen LogP contribution < -0.4 is 5.32 Å². The normalized spacial score (nSPS) is 10.4. The summed E-state index contributed by atoms with van der Waals surface area (Å²) in [5.41, 5.74) is 2.53. The molecule has 0 bridgehead atoms. The first-order valence-corrected chi connectivity index (χ1v) is 5.75. The first-order valence-electron chi connectivity index (χ1n) is 5.75. The molecule has 0 radical (unpaired) electrons. The lowest BCUT2D eigenvalue weighted by atomic mass is 10.2. The summed E-state index contributed by atoms with van der Waals surface area (Å²) < 4.78 is 5.24. The molecule has 0 aliphatic carbocycles. The molecular weight excluding hydrogens is 242 g/mol. The summed E-state index contributed by atoms with van der Waals surface area (Å²) in [6, 6.07) is 9.47. The largest absolute Gasteiger partial charge is 0.388 e. The predicted octanol–water partition coefficient (Wildman–Crippen LogP) is 2.24. The number of anilines is 1. The summed E-state index contributed by atoms with van der Waals surface area (Å²) in [7, 11) is 1.87. The molecule has 2 heterocycles. The Morgan fingerprint density at radius 1 is 1.11 bits per heavy atom. The van der Waals surface area contributed by atoms with Crippen LogP contribution in [0.2, 0.25) is 0 Å². The van der Waals surface area contributed by atoms with E-state index < -0.39 is 0 Å².